The van der Waals surface area contributed by atoms with E-state index < -0.39 is 0 Å². The molecule has 7 nitrogen and oxygen atoms in total. The largest absolute Gasteiger partial charge is 0.495 e. The Labute approximate surface area is 147 Å². The molecule has 1 N–H and O–H groups in total. The SMILES string of the molecule is COc1cc(-c2cc(=O)n3[nH]cc(-c4ccn(C)n4)c3n2)ccc1Cl. The Morgan fingerprint density at radius 3 is 2.76 bits per heavy atom. The zero-order valence-electron chi connectivity index (χ0n) is 13.5. The van der Waals surface area contributed by atoms with Crippen LogP contribution in [0.2, 0.25) is 5.02 Å². The number of hydrogen-bond acceptors (Lipinski definition) is 4. The molecule has 0 saturated carbocycles. The number of ether oxygens (including phenoxy) is 1. The number of methoxy groups -OCH3 is 1. The predicted octanol–water partition coefficient (Wildman–Crippen LogP) is 2.75. The molecule has 1 aromatic carbocycles. The molecule has 0 atom stereocenters. The summed E-state index contributed by atoms with van der Waals surface area (Å²) >= 11 is 6.07. The van der Waals surface area contributed by atoms with Crippen LogP contribution in [0.5, 0.6) is 5.75 Å². The van der Waals surface area contributed by atoms with Crippen LogP contribution in [0.15, 0.2) is 47.5 Å². The summed E-state index contributed by atoms with van der Waals surface area (Å²) in [6.07, 6.45) is 3.56. The summed E-state index contributed by atoms with van der Waals surface area (Å²) in [6, 6.07) is 8.61. The van der Waals surface area contributed by atoms with Gasteiger partial charge >= 0.3 is 0 Å². The summed E-state index contributed by atoms with van der Waals surface area (Å²) < 4.78 is 8.33. The van der Waals surface area contributed by atoms with Gasteiger partial charge < -0.3 is 4.74 Å². The van der Waals surface area contributed by atoms with Gasteiger partial charge in [0, 0.05) is 31.1 Å². The Hall–Kier alpha value is -3.06. The first-order chi connectivity index (χ1) is 12.1. The number of benzene rings is 1. The van der Waals surface area contributed by atoms with Crippen molar-refractivity contribution in [2.75, 3.05) is 7.11 Å². The number of aromatic nitrogens is 5. The minimum absolute atomic E-state index is 0.212. The molecule has 0 bridgehead atoms. The van der Waals surface area contributed by atoms with Crippen molar-refractivity contribution in [3.05, 3.63) is 58.1 Å². The fourth-order valence-electron chi connectivity index (χ4n) is 2.70. The molecule has 25 heavy (non-hydrogen) atoms. The lowest BCUT2D eigenvalue weighted by atomic mass is 10.1. The van der Waals surface area contributed by atoms with E-state index in [9.17, 15) is 4.79 Å². The summed E-state index contributed by atoms with van der Waals surface area (Å²) in [7, 11) is 3.38. The molecular formula is C17H14ClN5O2. The van der Waals surface area contributed by atoms with Crippen LogP contribution >= 0.6 is 11.6 Å². The number of H-pyrrole nitrogens is 1. The maximum absolute atomic E-state index is 12.5. The number of aryl methyl sites for hydroxylation is 1. The maximum atomic E-state index is 12.5. The minimum atomic E-state index is -0.212. The Balaban J connectivity index is 1.93. The van der Waals surface area contributed by atoms with E-state index in [0.717, 1.165) is 16.8 Å². The van der Waals surface area contributed by atoms with Crippen LogP contribution < -0.4 is 10.3 Å². The summed E-state index contributed by atoms with van der Waals surface area (Å²) in [4.78, 5) is 17.1. The molecule has 0 unspecified atom stereocenters. The van der Waals surface area contributed by atoms with Gasteiger partial charge in [0.05, 0.1) is 29.1 Å². The molecule has 0 fully saturated rings. The molecule has 0 aliphatic heterocycles. The molecule has 0 radical (unpaired) electrons. The Bertz CT molecular complexity index is 1140. The normalized spacial score (nSPS) is 11.2. The third kappa shape index (κ3) is 2.58. The second kappa shape index (κ2) is 5.78. The highest BCUT2D eigenvalue weighted by molar-refractivity contribution is 6.32. The Kier molecular flexibility index (Phi) is 3.58. The highest BCUT2D eigenvalue weighted by Gasteiger charge is 2.14. The van der Waals surface area contributed by atoms with Crippen molar-refractivity contribution in [3.63, 3.8) is 0 Å². The van der Waals surface area contributed by atoms with Crippen LogP contribution in [0, 0.1) is 0 Å². The van der Waals surface area contributed by atoms with Gasteiger partial charge in [-0.2, -0.15) is 5.10 Å². The van der Waals surface area contributed by atoms with Crippen LogP contribution in [0.1, 0.15) is 0 Å². The molecule has 3 aromatic heterocycles. The average molecular weight is 356 g/mol. The zero-order chi connectivity index (χ0) is 17.6. The lowest BCUT2D eigenvalue weighted by Gasteiger charge is -2.06. The molecule has 126 valence electrons. The number of hydrogen-bond donors (Lipinski definition) is 1. The van der Waals surface area contributed by atoms with Crippen molar-refractivity contribution >= 4 is 17.2 Å². The molecule has 0 aliphatic rings. The smallest absolute Gasteiger partial charge is 0.273 e. The first-order valence-electron chi connectivity index (χ1n) is 7.52. The third-order valence-electron chi connectivity index (χ3n) is 3.93. The third-order valence-corrected chi connectivity index (χ3v) is 4.25. The molecule has 0 amide bonds. The van der Waals surface area contributed by atoms with Gasteiger partial charge in [0.1, 0.15) is 5.75 Å². The Morgan fingerprint density at radius 1 is 1.20 bits per heavy atom. The summed E-state index contributed by atoms with van der Waals surface area (Å²) in [6.45, 7) is 0. The molecule has 0 saturated heterocycles. The van der Waals surface area contributed by atoms with E-state index in [4.69, 9.17) is 16.3 Å². The second-order valence-electron chi connectivity index (χ2n) is 5.55. The lowest BCUT2D eigenvalue weighted by Crippen LogP contribution is -2.14. The van der Waals surface area contributed by atoms with Gasteiger partial charge in [-0.15, -0.1) is 0 Å². The molecule has 3 heterocycles. The molecule has 0 spiro atoms. The summed E-state index contributed by atoms with van der Waals surface area (Å²) in [5.74, 6) is 0.528. The van der Waals surface area contributed by atoms with E-state index in [0.29, 0.717) is 22.1 Å². The van der Waals surface area contributed by atoms with E-state index in [-0.39, 0.29) is 5.56 Å². The predicted molar refractivity (Wildman–Crippen MR) is 95.0 cm³/mol. The standard InChI is InChI=1S/C17H14ClN5O2/c1-22-6-5-13(21-22)11-9-19-23-16(24)8-14(20-17(11)23)10-3-4-12(18)15(7-10)25-2/h3-9,19H,1-2H3. The van der Waals surface area contributed by atoms with Crippen molar-refractivity contribution in [2.24, 2.45) is 7.05 Å². The van der Waals surface area contributed by atoms with Crippen molar-refractivity contribution in [1.82, 2.24) is 24.4 Å². The number of halogens is 1. The molecule has 4 rings (SSSR count). The first kappa shape index (κ1) is 15.5. The number of rotatable bonds is 3. The van der Waals surface area contributed by atoms with Crippen molar-refractivity contribution < 1.29 is 4.74 Å². The van der Waals surface area contributed by atoms with E-state index in [1.807, 2.05) is 19.3 Å². The number of fused-ring (bicyclic) bond motifs is 1. The molecule has 4 aromatic rings. The van der Waals surface area contributed by atoms with E-state index in [1.54, 1.807) is 36.2 Å². The van der Waals surface area contributed by atoms with Gasteiger partial charge in [0.15, 0.2) is 5.65 Å². The minimum Gasteiger partial charge on any atom is -0.495 e. The number of nitrogens with one attached hydrogen (secondary N) is 1. The van der Waals surface area contributed by atoms with Crippen LogP contribution in [-0.2, 0) is 7.05 Å². The molecule has 8 heteroatoms. The van der Waals surface area contributed by atoms with Crippen LogP contribution in [0.25, 0.3) is 28.2 Å². The van der Waals surface area contributed by atoms with Gasteiger partial charge in [-0.25, -0.2) is 9.50 Å². The highest BCUT2D eigenvalue weighted by Crippen LogP contribution is 2.30. The van der Waals surface area contributed by atoms with E-state index in [1.165, 1.54) is 10.6 Å². The average Bonchev–Trinajstić information content (AvgIpc) is 3.21. The number of nitrogens with zero attached hydrogens (tertiary/aromatic N) is 4. The zero-order valence-corrected chi connectivity index (χ0v) is 14.3. The highest BCUT2D eigenvalue weighted by atomic mass is 35.5. The van der Waals surface area contributed by atoms with Gasteiger partial charge in [0.2, 0.25) is 0 Å². The number of aromatic amines is 1. The fraction of sp³-hybridized carbons (Fsp3) is 0.118. The van der Waals surface area contributed by atoms with Crippen LogP contribution in [-0.4, -0.2) is 31.5 Å². The quantitative estimate of drug-likeness (QED) is 0.613. The second-order valence-corrected chi connectivity index (χ2v) is 5.96. The monoisotopic (exact) mass is 355 g/mol. The Morgan fingerprint density at radius 2 is 2.04 bits per heavy atom. The van der Waals surface area contributed by atoms with Crippen LogP contribution in [0.4, 0.5) is 0 Å². The topological polar surface area (TPSA) is 77.2 Å². The summed E-state index contributed by atoms with van der Waals surface area (Å²) in [5, 5.41) is 7.80. The fourth-order valence-corrected chi connectivity index (χ4v) is 2.89. The van der Waals surface area contributed by atoms with Gasteiger partial charge in [0.25, 0.3) is 5.56 Å². The van der Waals surface area contributed by atoms with Crippen molar-refractivity contribution in [2.45, 2.75) is 0 Å². The first-order valence-corrected chi connectivity index (χ1v) is 7.90. The summed E-state index contributed by atoms with van der Waals surface area (Å²) in [5.41, 5.74) is 3.07. The molecular weight excluding hydrogens is 342 g/mol. The van der Waals surface area contributed by atoms with Gasteiger partial charge in [-0.3, -0.25) is 14.6 Å². The lowest BCUT2D eigenvalue weighted by molar-refractivity contribution is 0.415. The molecule has 0 aliphatic carbocycles. The van der Waals surface area contributed by atoms with Crippen molar-refractivity contribution in [3.8, 4) is 28.3 Å². The van der Waals surface area contributed by atoms with Crippen molar-refractivity contribution in [1.29, 1.82) is 0 Å². The maximum Gasteiger partial charge on any atom is 0.273 e. The van der Waals surface area contributed by atoms with Gasteiger partial charge in [-0.1, -0.05) is 17.7 Å². The van der Waals surface area contributed by atoms with Gasteiger partial charge in [-0.05, 0) is 18.2 Å². The van der Waals surface area contributed by atoms with E-state index >= 15 is 0 Å². The van der Waals surface area contributed by atoms with Crippen LogP contribution in [0.3, 0.4) is 0 Å². The van der Waals surface area contributed by atoms with E-state index in [2.05, 4.69) is 15.2 Å².